The molecule has 0 saturated carbocycles. The van der Waals surface area contributed by atoms with E-state index in [0.717, 1.165) is 67.7 Å². The van der Waals surface area contributed by atoms with E-state index in [2.05, 4.69) is 35.9 Å². The minimum absolute atomic E-state index is 0.925. The van der Waals surface area contributed by atoms with Crippen LogP contribution in [0.3, 0.4) is 0 Å². The monoisotopic (exact) mass is 349 g/mol. The number of aromatic nitrogens is 5. The van der Waals surface area contributed by atoms with Crippen molar-refractivity contribution in [3.63, 3.8) is 0 Å². The Hall–Kier alpha value is -2.70. The molecule has 1 aliphatic heterocycles. The fourth-order valence-corrected chi connectivity index (χ4v) is 4.18. The van der Waals surface area contributed by atoms with Crippen LogP contribution in [0.5, 0.6) is 0 Å². The molecule has 0 atom stereocenters. The van der Waals surface area contributed by atoms with Crippen molar-refractivity contribution >= 4 is 17.3 Å². The quantitative estimate of drug-likeness (QED) is 0.705. The Morgan fingerprint density at radius 3 is 2.54 bits per heavy atom. The Kier molecular flexibility index (Phi) is 3.55. The molecule has 0 aromatic carbocycles. The van der Waals surface area contributed by atoms with E-state index in [1.165, 1.54) is 17.7 Å². The van der Waals surface area contributed by atoms with Crippen molar-refractivity contribution in [1.29, 1.82) is 0 Å². The molecule has 26 heavy (non-hydrogen) atoms. The van der Waals surface area contributed by atoms with Crippen molar-refractivity contribution in [2.24, 2.45) is 0 Å². The van der Waals surface area contributed by atoms with Crippen molar-refractivity contribution < 1.29 is 0 Å². The molecule has 1 fully saturated rings. The van der Waals surface area contributed by atoms with E-state index in [0.29, 0.717) is 0 Å². The number of piperazine rings is 1. The summed E-state index contributed by atoms with van der Waals surface area (Å²) in [6, 6.07) is 4.18. The molecule has 4 heterocycles. The third-order valence-electron chi connectivity index (χ3n) is 5.41. The first kappa shape index (κ1) is 15.5. The average molecular weight is 349 g/mol. The molecule has 7 heteroatoms. The zero-order valence-corrected chi connectivity index (χ0v) is 15.3. The minimum Gasteiger partial charge on any atom is -0.353 e. The molecule has 0 spiro atoms. The molecule has 3 aromatic rings. The molecule has 0 N–H and O–H groups in total. The molecule has 2 aliphatic rings. The zero-order chi connectivity index (χ0) is 17.7. The van der Waals surface area contributed by atoms with E-state index in [4.69, 9.17) is 0 Å². The van der Waals surface area contributed by atoms with Gasteiger partial charge < -0.3 is 9.80 Å². The van der Waals surface area contributed by atoms with E-state index >= 15 is 0 Å². The van der Waals surface area contributed by atoms with E-state index in [1.807, 2.05) is 24.4 Å². The molecular formula is C19H23N7. The highest BCUT2D eigenvalue weighted by Gasteiger charge is 2.25. The van der Waals surface area contributed by atoms with Crippen LogP contribution in [0.2, 0.25) is 0 Å². The van der Waals surface area contributed by atoms with Crippen LogP contribution in [0.1, 0.15) is 29.1 Å². The van der Waals surface area contributed by atoms with Crippen molar-refractivity contribution in [3.05, 3.63) is 41.1 Å². The van der Waals surface area contributed by atoms with Gasteiger partial charge >= 0.3 is 0 Å². The smallest absolute Gasteiger partial charge is 0.157 e. The van der Waals surface area contributed by atoms with Crippen LogP contribution in [-0.4, -0.2) is 50.7 Å². The van der Waals surface area contributed by atoms with Gasteiger partial charge in [0, 0.05) is 55.3 Å². The fraction of sp³-hybridized carbons (Fsp3) is 0.474. The molecule has 0 unspecified atom stereocenters. The lowest BCUT2D eigenvalue weighted by molar-refractivity contribution is 0.630. The second kappa shape index (κ2) is 5.93. The van der Waals surface area contributed by atoms with Crippen LogP contribution < -0.4 is 9.80 Å². The van der Waals surface area contributed by atoms with Gasteiger partial charge in [-0.15, -0.1) is 0 Å². The normalized spacial score (nSPS) is 17.2. The van der Waals surface area contributed by atoms with Gasteiger partial charge in [-0.25, -0.2) is 15.0 Å². The van der Waals surface area contributed by atoms with Gasteiger partial charge in [-0.1, -0.05) is 0 Å². The second-order valence-corrected chi connectivity index (χ2v) is 7.26. The van der Waals surface area contributed by atoms with Gasteiger partial charge in [0.05, 0.1) is 5.69 Å². The predicted octanol–water partition coefficient (Wildman–Crippen LogP) is 1.95. The molecule has 3 aromatic heterocycles. The molecule has 1 aliphatic carbocycles. The first-order valence-corrected chi connectivity index (χ1v) is 9.36. The summed E-state index contributed by atoms with van der Waals surface area (Å²) in [5.74, 6) is 2.28. The highest BCUT2D eigenvalue weighted by atomic mass is 15.4. The predicted molar refractivity (Wildman–Crippen MR) is 101 cm³/mol. The fourth-order valence-electron chi connectivity index (χ4n) is 4.18. The number of hydrogen-bond acceptors (Lipinski definition) is 6. The first-order valence-electron chi connectivity index (χ1n) is 9.36. The molecule has 1 saturated heterocycles. The van der Waals surface area contributed by atoms with Crippen LogP contribution in [0.15, 0.2) is 18.5 Å². The van der Waals surface area contributed by atoms with E-state index in [1.54, 1.807) is 6.33 Å². The number of nitrogens with zero attached hydrogens (tertiary/aromatic N) is 7. The van der Waals surface area contributed by atoms with Crippen LogP contribution in [-0.2, 0) is 12.8 Å². The van der Waals surface area contributed by atoms with E-state index in [9.17, 15) is 0 Å². The third kappa shape index (κ3) is 2.50. The summed E-state index contributed by atoms with van der Waals surface area (Å²) in [6.45, 7) is 7.90. The maximum atomic E-state index is 4.63. The molecule has 5 rings (SSSR count). The van der Waals surface area contributed by atoms with Crippen LogP contribution in [0.25, 0.3) is 5.65 Å². The summed E-state index contributed by atoms with van der Waals surface area (Å²) >= 11 is 0. The lowest BCUT2D eigenvalue weighted by Crippen LogP contribution is -2.47. The molecular weight excluding hydrogens is 326 g/mol. The minimum atomic E-state index is 0.925. The number of hydrogen-bond donors (Lipinski definition) is 0. The Labute approximate surface area is 152 Å². The summed E-state index contributed by atoms with van der Waals surface area (Å²) < 4.78 is 1.97. The van der Waals surface area contributed by atoms with E-state index < -0.39 is 0 Å². The van der Waals surface area contributed by atoms with Gasteiger partial charge in [0.2, 0.25) is 0 Å². The largest absolute Gasteiger partial charge is 0.353 e. The number of rotatable bonds is 2. The van der Waals surface area contributed by atoms with Crippen molar-refractivity contribution in [1.82, 2.24) is 24.6 Å². The summed E-state index contributed by atoms with van der Waals surface area (Å²) in [4.78, 5) is 18.5. The number of anilines is 2. The molecule has 7 nitrogen and oxygen atoms in total. The first-order chi connectivity index (χ1) is 12.7. The van der Waals surface area contributed by atoms with Crippen LogP contribution >= 0.6 is 0 Å². The Morgan fingerprint density at radius 1 is 0.885 bits per heavy atom. The van der Waals surface area contributed by atoms with Gasteiger partial charge in [0.15, 0.2) is 5.65 Å². The van der Waals surface area contributed by atoms with Gasteiger partial charge in [-0.2, -0.15) is 9.61 Å². The highest BCUT2D eigenvalue weighted by molar-refractivity contribution is 5.55. The SMILES string of the molecule is Cc1cc(N2CCN(c3ncnc4c3CCC4)CC2)n2nc(C)cc2n1. The average Bonchev–Trinajstić information content (AvgIpc) is 3.26. The maximum Gasteiger partial charge on any atom is 0.157 e. The highest BCUT2D eigenvalue weighted by Crippen LogP contribution is 2.29. The molecule has 0 amide bonds. The van der Waals surface area contributed by atoms with E-state index in [-0.39, 0.29) is 0 Å². The summed E-state index contributed by atoms with van der Waals surface area (Å²) in [5, 5.41) is 4.63. The Balaban J connectivity index is 1.41. The summed E-state index contributed by atoms with van der Waals surface area (Å²) in [5.41, 5.74) is 5.57. The Morgan fingerprint density at radius 2 is 1.69 bits per heavy atom. The molecule has 134 valence electrons. The summed E-state index contributed by atoms with van der Waals surface area (Å²) in [6.07, 6.45) is 5.14. The van der Waals surface area contributed by atoms with Gasteiger partial charge in [0.1, 0.15) is 18.0 Å². The zero-order valence-electron chi connectivity index (χ0n) is 15.3. The Bertz CT molecular complexity index is 969. The lowest BCUT2D eigenvalue weighted by atomic mass is 10.2. The number of aryl methyl sites for hydroxylation is 3. The van der Waals surface area contributed by atoms with Crippen molar-refractivity contribution in [3.8, 4) is 0 Å². The number of fused-ring (bicyclic) bond motifs is 2. The van der Waals surface area contributed by atoms with Gasteiger partial charge in [-0.05, 0) is 33.1 Å². The van der Waals surface area contributed by atoms with Crippen molar-refractivity contribution in [2.75, 3.05) is 36.0 Å². The maximum absolute atomic E-state index is 4.63. The topological polar surface area (TPSA) is 62.5 Å². The molecule has 0 bridgehead atoms. The van der Waals surface area contributed by atoms with Gasteiger partial charge in [-0.3, -0.25) is 0 Å². The standard InChI is InChI=1S/C19H23N7/c1-13-11-18(26-17(22-13)10-14(2)23-26)24-6-8-25(9-7-24)19-15-4-3-5-16(15)20-12-21-19/h10-12H,3-9H2,1-2H3. The molecule has 0 radical (unpaired) electrons. The second-order valence-electron chi connectivity index (χ2n) is 7.26. The van der Waals surface area contributed by atoms with Crippen LogP contribution in [0.4, 0.5) is 11.6 Å². The third-order valence-corrected chi connectivity index (χ3v) is 5.41. The van der Waals surface area contributed by atoms with Crippen LogP contribution in [0, 0.1) is 13.8 Å². The lowest BCUT2D eigenvalue weighted by Gasteiger charge is -2.37. The van der Waals surface area contributed by atoms with Gasteiger partial charge in [0.25, 0.3) is 0 Å². The van der Waals surface area contributed by atoms with Crippen molar-refractivity contribution in [2.45, 2.75) is 33.1 Å². The summed E-state index contributed by atoms with van der Waals surface area (Å²) in [7, 11) is 0.